The molecular formula is C30H37F3N4O4. The van der Waals surface area contributed by atoms with Gasteiger partial charge in [-0.1, -0.05) is 0 Å². The minimum absolute atomic E-state index is 0.0106. The standard InChI is InChI=1S/C30H37F3N4O4/c1-36(2)25-18-35-24-5-4-20(41-3)16-21(24)28(25)26(38)6-7-30(17-27(39)40)8-11-37(12-9-30)13-10-34-29-22(32)14-19(31)15-23(29)33/h4-5,14-16,18,26,34,38H,6-13,17H2,1-3H3,(H,39,40)/t26-/m0/s1. The Bertz CT molecular complexity index is 1360. The number of pyridine rings is 1. The van der Waals surface area contributed by atoms with Crippen LogP contribution in [-0.2, 0) is 4.79 Å². The van der Waals surface area contributed by atoms with Gasteiger partial charge in [0, 0.05) is 50.3 Å². The molecule has 222 valence electrons. The molecule has 4 rings (SSSR count). The van der Waals surface area contributed by atoms with Crippen molar-refractivity contribution in [3.63, 3.8) is 0 Å². The number of rotatable bonds is 12. The Morgan fingerprint density at radius 1 is 1.17 bits per heavy atom. The maximum atomic E-state index is 13.9. The van der Waals surface area contributed by atoms with Gasteiger partial charge in [0.15, 0.2) is 11.6 Å². The third-order valence-corrected chi connectivity index (χ3v) is 8.04. The highest BCUT2D eigenvalue weighted by atomic mass is 19.1. The van der Waals surface area contributed by atoms with E-state index in [1.54, 1.807) is 13.3 Å². The van der Waals surface area contributed by atoms with E-state index in [1.165, 1.54) is 0 Å². The first-order chi connectivity index (χ1) is 19.5. The summed E-state index contributed by atoms with van der Waals surface area (Å²) in [6.07, 6.45) is 2.97. The highest BCUT2D eigenvalue weighted by Crippen LogP contribution is 2.43. The van der Waals surface area contributed by atoms with Crippen LogP contribution in [0.15, 0.2) is 36.5 Å². The van der Waals surface area contributed by atoms with E-state index < -0.39 is 34.9 Å². The van der Waals surface area contributed by atoms with Gasteiger partial charge in [-0.3, -0.25) is 9.78 Å². The number of nitrogens with zero attached hydrogens (tertiary/aromatic N) is 3. The quantitative estimate of drug-likeness (QED) is 0.271. The monoisotopic (exact) mass is 574 g/mol. The van der Waals surface area contributed by atoms with E-state index in [9.17, 15) is 28.2 Å². The van der Waals surface area contributed by atoms with Gasteiger partial charge in [0.2, 0.25) is 0 Å². The second-order valence-electron chi connectivity index (χ2n) is 11.0. The molecule has 0 saturated carbocycles. The Morgan fingerprint density at radius 3 is 2.46 bits per heavy atom. The molecule has 0 amide bonds. The number of benzene rings is 2. The van der Waals surface area contributed by atoms with E-state index in [4.69, 9.17) is 4.74 Å². The summed E-state index contributed by atoms with van der Waals surface area (Å²) >= 11 is 0. The lowest BCUT2D eigenvalue weighted by Gasteiger charge is -2.41. The van der Waals surface area contributed by atoms with Crippen molar-refractivity contribution >= 4 is 28.2 Å². The number of fused-ring (bicyclic) bond motifs is 1. The van der Waals surface area contributed by atoms with Crippen LogP contribution in [0, 0.1) is 22.9 Å². The molecule has 1 aromatic heterocycles. The molecule has 41 heavy (non-hydrogen) atoms. The second kappa shape index (κ2) is 12.9. The molecule has 2 heterocycles. The molecule has 3 N–H and O–H groups in total. The maximum absolute atomic E-state index is 13.9. The predicted molar refractivity (Wildman–Crippen MR) is 152 cm³/mol. The summed E-state index contributed by atoms with van der Waals surface area (Å²) in [5, 5.41) is 24.7. The Morgan fingerprint density at radius 2 is 1.85 bits per heavy atom. The fourth-order valence-corrected chi connectivity index (χ4v) is 5.74. The first-order valence-corrected chi connectivity index (χ1v) is 13.7. The number of likely N-dealkylation sites (tertiary alicyclic amines) is 1. The topological polar surface area (TPSA) is 98.2 Å². The number of nitrogens with one attached hydrogen (secondary N) is 1. The van der Waals surface area contributed by atoms with E-state index in [1.807, 2.05) is 37.2 Å². The van der Waals surface area contributed by atoms with E-state index in [0.717, 1.165) is 22.2 Å². The molecule has 0 bridgehead atoms. The lowest BCUT2D eigenvalue weighted by molar-refractivity contribution is -0.141. The number of piperidine rings is 1. The van der Waals surface area contributed by atoms with Gasteiger partial charge in [-0.25, -0.2) is 13.2 Å². The molecule has 11 heteroatoms. The Kier molecular flexibility index (Phi) is 9.60. The predicted octanol–water partition coefficient (Wildman–Crippen LogP) is 5.21. The molecule has 0 radical (unpaired) electrons. The number of aromatic nitrogens is 1. The largest absolute Gasteiger partial charge is 0.497 e. The summed E-state index contributed by atoms with van der Waals surface area (Å²) in [7, 11) is 5.35. The van der Waals surface area contributed by atoms with Crippen LogP contribution in [0.2, 0.25) is 0 Å². The summed E-state index contributed by atoms with van der Waals surface area (Å²) in [5.74, 6) is -3.19. The zero-order valence-electron chi connectivity index (χ0n) is 23.6. The van der Waals surface area contributed by atoms with Gasteiger partial charge in [-0.15, -0.1) is 0 Å². The molecule has 1 fully saturated rings. The number of methoxy groups -OCH3 is 1. The normalized spacial score (nSPS) is 16.0. The molecule has 1 aliphatic rings. The molecule has 0 aliphatic carbocycles. The maximum Gasteiger partial charge on any atom is 0.303 e. The van der Waals surface area contributed by atoms with Crippen LogP contribution in [-0.4, -0.2) is 73.5 Å². The molecule has 8 nitrogen and oxygen atoms in total. The summed E-state index contributed by atoms with van der Waals surface area (Å²) < 4.78 is 46.4. The first kappa shape index (κ1) is 30.4. The first-order valence-electron chi connectivity index (χ1n) is 13.7. The van der Waals surface area contributed by atoms with Crippen LogP contribution in [0.4, 0.5) is 24.5 Å². The van der Waals surface area contributed by atoms with E-state index in [0.29, 0.717) is 63.2 Å². The summed E-state index contributed by atoms with van der Waals surface area (Å²) in [4.78, 5) is 20.4. The second-order valence-corrected chi connectivity index (χ2v) is 11.0. The highest BCUT2D eigenvalue weighted by molar-refractivity contribution is 5.88. The molecule has 1 saturated heterocycles. The van der Waals surface area contributed by atoms with Gasteiger partial charge >= 0.3 is 5.97 Å². The zero-order valence-corrected chi connectivity index (χ0v) is 23.6. The van der Waals surface area contributed by atoms with Crippen molar-refractivity contribution in [1.82, 2.24) is 9.88 Å². The van der Waals surface area contributed by atoms with Crippen molar-refractivity contribution in [1.29, 1.82) is 0 Å². The number of anilines is 2. The third kappa shape index (κ3) is 7.20. The average molecular weight is 575 g/mol. The van der Waals surface area contributed by atoms with Crippen molar-refractivity contribution in [3.8, 4) is 5.75 Å². The van der Waals surface area contributed by atoms with Crippen molar-refractivity contribution < 1.29 is 32.9 Å². The minimum Gasteiger partial charge on any atom is -0.497 e. The number of aliphatic hydroxyl groups excluding tert-OH is 1. The Balaban J connectivity index is 1.43. The highest BCUT2D eigenvalue weighted by Gasteiger charge is 2.37. The lowest BCUT2D eigenvalue weighted by Crippen LogP contribution is -2.43. The Labute approximate surface area is 237 Å². The molecule has 3 aromatic rings. The minimum atomic E-state index is -0.988. The van der Waals surface area contributed by atoms with Gasteiger partial charge < -0.3 is 30.1 Å². The van der Waals surface area contributed by atoms with Gasteiger partial charge in [0.1, 0.15) is 17.3 Å². The third-order valence-electron chi connectivity index (χ3n) is 8.04. The number of carboxylic acids is 1. The Hall–Kier alpha value is -3.57. The van der Waals surface area contributed by atoms with Crippen molar-refractivity contribution in [3.05, 3.63) is 59.5 Å². The number of carbonyl (C=O) groups is 1. The van der Waals surface area contributed by atoms with Crippen LogP contribution >= 0.6 is 0 Å². The molecule has 1 atom stereocenters. The zero-order chi connectivity index (χ0) is 29.7. The fourth-order valence-electron chi connectivity index (χ4n) is 5.74. The number of carboxylic acid groups (broad SMARTS) is 1. The van der Waals surface area contributed by atoms with Crippen LogP contribution in [0.1, 0.15) is 43.8 Å². The lowest BCUT2D eigenvalue weighted by atomic mass is 9.71. The number of ether oxygens (including phenoxy) is 1. The molecule has 1 aliphatic heterocycles. The average Bonchev–Trinajstić information content (AvgIpc) is 2.92. The summed E-state index contributed by atoms with van der Waals surface area (Å²) in [6, 6.07) is 6.79. The van der Waals surface area contributed by atoms with E-state index in [-0.39, 0.29) is 18.7 Å². The van der Waals surface area contributed by atoms with Gasteiger partial charge in [-0.05, 0) is 62.4 Å². The van der Waals surface area contributed by atoms with Crippen LogP contribution < -0.4 is 15.0 Å². The molecule has 0 unspecified atom stereocenters. The molecular weight excluding hydrogens is 537 g/mol. The van der Waals surface area contributed by atoms with Crippen molar-refractivity contribution in [2.45, 2.75) is 38.2 Å². The van der Waals surface area contributed by atoms with Gasteiger partial charge in [-0.2, -0.15) is 0 Å². The number of aliphatic carboxylic acids is 1. The van der Waals surface area contributed by atoms with Crippen molar-refractivity contribution in [2.75, 3.05) is 57.6 Å². The number of aliphatic hydroxyl groups is 1. The number of halogens is 3. The number of hydrogen-bond donors (Lipinski definition) is 3. The van der Waals surface area contributed by atoms with E-state index >= 15 is 0 Å². The summed E-state index contributed by atoms with van der Waals surface area (Å²) in [6.45, 7) is 1.95. The smallest absolute Gasteiger partial charge is 0.303 e. The number of hydrogen-bond acceptors (Lipinski definition) is 7. The SMILES string of the molecule is COc1ccc2ncc(N(C)C)c([C@@H](O)CCC3(CC(=O)O)CCN(CCNc4c(F)cc(F)cc4F)CC3)c2c1. The fraction of sp³-hybridized carbons (Fsp3) is 0.467. The van der Waals surface area contributed by atoms with Crippen LogP contribution in [0.5, 0.6) is 5.75 Å². The van der Waals surface area contributed by atoms with Crippen LogP contribution in [0.25, 0.3) is 10.9 Å². The van der Waals surface area contributed by atoms with E-state index in [2.05, 4.69) is 15.2 Å². The van der Waals surface area contributed by atoms with Crippen molar-refractivity contribution in [2.24, 2.45) is 5.41 Å². The van der Waals surface area contributed by atoms with Gasteiger partial charge in [0.05, 0.1) is 37.0 Å². The summed E-state index contributed by atoms with van der Waals surface area (Å²) in [5.41, 5.74) is 1.38. The molecule has 2 aromatic carbocycles. The molecule has 0 spiro atoms. The van der Waals surface area contributed by atoms with Gasteiger partial charge in [0.25, 0.3) is 0 Å². The van der Waals surface area contributed by atoms with Crippen LogP contribution in [0.3, 0.4) is 0 Å².